The average molecular weight is 661 g/mol. The third-order valence-electron chi connectivity index (χ3n) is 8.80. The fraction of sp³-hybridized carbons (Fsp3) is 0.690. The highest BCUT2D eigenvalue weighted by molar-refractivity contribution is 8.01. The van der Waals surface area contributed by atoms with Gasteiger partial charge in [-0.15, -0.1) is 16.9 Å². The van der Waals surface area contributed by atoms with Crippen molar-refractivity contribution in [3.63, 3.8) is 0 Å². The molecule has 12 nitrogen and oxygen atoms in total. The van der Waals surface area contributed by atoms with Crippen molar-refractivity contribution >= 4 is 17.7 Å². The van der Waals surface area contributed by atoms with Crippen LogP contribution in [0, 0.1) is 23.4 Å². The van der Waals surface area contributed by atoms with Gasteiger partial charge in [-0.1, -0.05) is 5.21 Å². The average Bonchev–Trinajstić information content (AvgIpc) is 3.52. The lowest BCUT2D eigenvalue weighted by molar-refractivity contribution is -0.179. The normalized spacial score (nSPS) is 28.1. The van der Waals surface area contributed by atoms with Gasteiger partial charge in [-0.25, -0.2) is 17.9 Å². The number of carbonyl (C=O) groups is 1. The second kappa shape index (κ2) is 14.6. The van der Waals surface area contributed by atoms with Gasteiger partial charge in [-0.05, 0) is 37.8 Å². The molecule has 0 radical (unpaired) electrons. The minimum absolute atomic E-state index is 0.0697. The number of halogens is 3. The molecule has 1 aromatic carbocycles. The standard InChI is InChI=1S/C29H39F3N4O8S/c1-2-35(13-16-3-7-42-8-4-16)27(40)26(29(41)5-9-43-10-6-29)45-28-25(39)23(24(38)21(15-37)44-28)36-14-20(33-34-36)17-11-18(30)22(32)19(31)12-17/h11-12,14,16,21,23-26,28,37-39,41H,2-10,13,15H2,1H3/t21-,23+,24+,25-,26?,28+/m1/s1. The van der Waals surface area contributed by atoms with Gasteiger partial charge in [0.15, 0.2) is 17.5 Å². The molecule has 3 fully saturated rings. The van der Waals surface area contributed by atoms with Gasteiger partial charge in [0.05, 0.1) is 18.4 Å². The molecular weight excluding hydrogens is 621 g/mol. The molecule has 2 aromatic rings. The number of benzene rings is 1. The van der Waals surface area contributed by atoms with E-state index in [1.165, 1.54) is 6.20 Å². The van der Waals surface area contributed by atoms with E-state index < -0.39 is 64.7 Å². The molecule has 0 spiro atoms. The molecule has 5 rings (SSSR count). The highest BCUT2D eigenvalue weighted by Crippen LogP contribution is 2.42. The largest absolute Gasteiger partial charge is 0.394 e. The first kappa shape index (κ1) is 34.0. The summed E-state index contributed by atoms with van der Waals surface area (Å²) in [5, 5.41) is 51.2. The number of amides is 1. The zero-order valence-electron chi connectivity index (χ0n) is 24.8. The minimum Gasteiger partial charge on any atom is -0.394 e. The van der Waals surface area contributed by atoms with Crippen LogP contribution in [0.2, 0.25) is 0 Å². The molecule has 3 aliphatic heterocycles. The Balaban J connectivity index is 1.42. The van der Waals surface area contributed by atoms with Crippen molar-refractivity contribution in [1.29, 1.82) is 0 Å². The summed E-state index contributed by atoms with van der Waals surface area (Å²) in [5.41, 5.74) is -2.93. The Morgan fingerprint density at radius 3 is 2.38 bits per heavy atom. The molecule has 1 unspecified atom stereocenters. The van der Waals surface area contributed by atoms with E-state index in [2.05, 4.69) is 10.3 Å². The highest BCUT2D eigenvalue weighted by atomic mass is 32.2. The van der Waals surface area contributed by atoms with Crippen molar-refractivity contribution in [2.45, 2.75) is 73.2 Å². The molecule has 3 aliphatic rings. The topological polar surface area (TPSA) is 160 Å². The van der Waals surface area contributed by atoms with E-state index in [9.17, 15) is 38.4 Å². The number of aromatic nitrogens is 3. The lowest BCUT2D eigenvalue weighted by Gasteiger charge is -2.46. The van der Waals surface area contributed by atoms with E-state index in [0.29, 0.717) is 26.3 Å². The van der Waals surface area contributed by atoms with Crippen LogP contribution >= 0.6 is 11.8 Å². The summed E-state index contributed by atoms with van der Waals surface area (Å²) < 4.78 is 59.2. The summed E-state index contributed by atoms with van der Waals surface area (Å²) >= 11 is 0.903. The number of rotatable bonds is 10. The molecule has 0 bridgehead atoms. The third kappa shape index (κ3) is 7.32. The molecule has 1 amide bonds. The van der Waals surface area contributed by atoms with Gasteiger partial charge < -0.3 is 39.5 Å². The van der Waals surface area contributed by atoms with Gasteiger partial charge in [0.1, 0.15) is 40.7 Å². The van der Waals surface area contributed by atoms with Gasteiger partial charge in [0.25, 0.3) is 0 Å². The van der Waals surface area contributed by atoms with Crippen LogP contribution in [-0.4, -0.2) is 127 Å². The molecule has 16 heteroatoms. The molecule has 0 aliphatic carbocycles. The number of thioether (sulfide) groups is 1. The van der Waals surface area contributed by atoms with Crippen LogP contribution in [0.1, 0.15) is 38.6 Å². The zero-order chi connectivity index (χ0) is 32.3. The Labute approximate surface area is 262 Å². The van der Waals surface area contributed by atoms with Crippen molar-refractivity contribution in [2.75, 3.05) is 46.1 Å². The maximum atomic E-state index is 14.2. The lowest BCUT2D eigenvalue weighted by atomic mass is 9.89. The predicted octanol–water partition coefficient (Wildman–Crippen LogP) is 1.26. The Hall–Kier alpha value is -2.31. The first-order valence-electron chi connectivity index (χ1n) is 15.1. The van der Waals surface area contributed by atoms with Gasteiger partial charge in [0.2, 0.25) is 5.91 Å². The Bertz CT molecular complexity index is 1290. The van der Waals surface area contributed by atoms with E-state index in [4.69, 9.17) is 14.2 Å². The molecule has 250 valence electrons. The molecule has 1 aromatic heterocycles. The van der Waals surface area contributed by atoms with Crippen molar-refractivity contribution in [2.24, 2.45) is 5.92 Å². The van der Waals surface area contributed by atoms with Crippen LogP contribution in [0.15, 0.2) is 18.3 Å². The van der Waals surface area contributed by atoms with Gasteiger partial charge in [-0.3, -0.25) is 4.79 Å². The molecule has 4 heterocycles. The van der Waals surface area contributed by atoms with Crippen LogP contribution in [0.3, 0.4) is 0 Å². The lowest BCUT2D eigenvalue weighted by Crippen LogP contribution is -2.58. The maximum Gasteiger partial charge on any atom is 0.238 e. The number of carbonyl (C=O) groups excluding carboxylic acids is 1. The Kier molecular flexibility index (Phi) is 11.1. The van der Waals surface area contributed by atoms with E-state index in [-0.39, 0.29) is 49.1 Å². The Morgan fingerprint density at radius 2 is 1.76 bits per heavy atom. The second-order valence-corrected chi connectivity index (χ2v) is 12.9. The monoisotopic (exact) mass is 660 g/mol. The smallest absolute Gasteiger partial charge is 0.238 e. The third-order valence-corrected chi connectivity index (χ3v) is 10.4. The van der Waals surface area contributed by atoms with Gasteiger partial charge in [0, 0.05) is 57.9 Å². The van der Waals surface area contributed by atoms with E-state index >= 15 is 0 Å². The van der Waals surface area contributed by atoms with Crippen molar-refractivity contribution < 1.29 is 52.6 Å². The number of hydrogen-bond acceptors (Lipinski definition) is 11. The SMILES string of the molecule is CCN(CC1CCOCC1)C(=O)C(S[C@@H]1O[C@H](CO)[C@H](O)[C@H](n2cc(-c3cc(F)c(F)c(F)c3)nn2)[C@H]1O)C1(O)CCOCC1. The summed E-state index contributed by atoms with van der Waals surface area (Å²) in [5.74, 6) is -4.60. The first-order valence-corrected chi connectivity index (χ1v) is 16.0. The Morgan fingerprint density at radius 1 is 1.11 bits per heavy atom. The summed E-state index contributed by atoms with van der Waals surface area (Å²) in [6, 6.07) is 0.196. The quantitative estimate of drug-likeness (QED) is 0.272. The van der Waals surface area contributed by atoms with Gasteiger partial charge >= 0.3 is 0 Å². The second-order valence-electron chi connectivity index (χ2n) is 11.7. The van der Waals surface area contributed by atoms with Crippen molar-refractivity contribution in [3.05, 3.63) is 35.8 Å². The molecular formula is C29H39F3N4O8S. The molecule has 6 atom stereocenters. The maximum absolute atomic E-state index is 14.2. The highest BCUT2D eigenvalue weighted by Gasteiger charge is 2.52. The summed E-state index contributed by atoms with van der Waals surface area (Å²) in [6.45, 7) is 3.75. The number of aliphatic hydroxyl groups excluding tert-OH is 3. The van der Waals surface area contributed by atoms with Gasteiger partial charge in [-0.2, -0.15) is 0 Å². The molecule has 45 heavy (non-hydrogen) atoms. The van der Waals surface area contributed by atoms with E-state index in [1.807, 2.05) is 6.92 Å². The first-order chi connectivity index (χ1) is 21.6. The number of aliphatic hydroxyl groups is 4. The number of ether oxygens (including phenoxy) is 3. The fourth-order valence-electron chi connectivity index (χ4n) is 6.07. The van der Waals surface area contributed by atoms with Crippen LogP contribution in [0.5, 0.6) is 0 Å². The van der Waals surface area contributed by atoms with Crippen LogP contribution in [0.25, 0.3) is 11.3 Å². The molecule has 3 saturated heterocycles. The number of hydrogen-bond donors (Lipinski definition) is 4. The van der Waals surface area contributed by atoms with E-state index in [1.54, 1.807) is 4.90 Å². The summed E-state index contributed by atoms with van der Waals surface area (Å²) in [7, 11) is 0. The summed E-state index contributed by atoms with van der Waals surface area (Å²) in [6.07, 6.45) is -1.13. The summed E-state index contributed by atoms with van der Waals surface area (Å²) in [4.78, 5) is 15.9. The molecule has 4 N–H and O–H groups in total. The zero-order valence-corrected chi connectivity index (χ0v) is 25.6. The number of nitrogens with zero attached hydrogens (tertiary/aromatic N) is 4. The van der Waals surface area contributed by atoms with E-state index in [0.717, 1.165) is 41.4 Å². The molecule has 0 saturated carbocycles. The predicted molar refractivity (Wildman–Crippen MR) is 154 cm³/mol. The van der Waals surface area contributed by atoms with Crippen molar-refractivity contribution in [3.8, 4) is 11.3 Å². The fourth-order valence-corrected chi connectivity index (χ4v) is 7.62. The van der Waals surface area contributed by atoms with Crippen LogP contribution < -0.4 is 0 Å². The van der Waals surface area contributed by atoms with Crippen molar-refractivity contribution in [1.82, 2.24) is 19.9 Å². The van der Waals surface area contributed by atoms with Crippen LogP contribution in [-0.2, 0) is 19.0 Å². The minimum atomic E-state index is -1.64. The van der Waals surface area contributed by atoms with Crippen LogP contribution in [0.4, 0.5) is 13.2 Å².